The lowest BCUT2D eigenvalue weighted by Crippen LogP contribution is -2.27. The standard InChI is InChI=1S/C10H14N2O3S/c1-16-10-11-6-7(9(13)12-10)15-8-4-2-3-5-14-8/h6,8H,2-5H2,1H3,(H,11,12,13). The van der Waals surface area contributed by atoms with Crippen LogP contribution in [0.1, 0.15) is 19.3 Å². The second-order valence-electron chi connectivity index (χ2n) is 3.50. The Hall–Kier alpha value is -1.01. The summed E-state index contributed by atoms with van der Waals surface area (Å²) in [5, 5.41) is 0.585. The predicted octanol–water partition coefficient (Wildman–Crippen LogP) is 1.40. The van der Waals surface area contributed by atoms with Crippen LogP contribution in [-0.2, 0) is 4.74 Å². The van der Waals surface area contributed by atoms with Crippen LogP contribution in [0.2, 0.25) is 0 Å². The van der Waals surface area contributed by atoms with Gasteiger partial charge >= 0.3 is 0 Å². The summed E-state index contributed by atoms with van der Waals surface area (Å²) in [4.78, 5) is 18.3. The molecule has 1 aliphatic heterocycles. The van der Waals surface area contributed by atoms with E-state index in [2.05, 4.69) is 9.97 Å². The summed E-state index contributed by atoms with van der Waals surface area (Å²) in [7, 11) is 0. The summed E-state index contributed by atoms with van der Waals surface area (Å²) in [6.07, 6.45) is 5.94. The maximum atomic E-state index is 11.6. The van der Waals surface area contributed by atoms with Crippen molar-refractivity contribution in [3.63, 3.8) is 0 Å². The highest BCUT2D eigenvalue weighted by atomic mass is 32.2. The van der Waals surface area contributed by atoms with Crippen LogP contribution in [0.15, 0.2) is 16.1 Å². The molecule has 0 amide bonds. The van der Waals surface area contributed by atoms with E-state index in [4.69, 9.17) is 9.47 Å². The Morgan fingerprint density at radius 2 is 2.50 bits per heavy atom. The largest absolute Gasteiger partial charge is 0.458 e. The van der Waals surface area contributed by atoms with Gasteiger partial charge in [0.05, 0.1) is 12.8 Å². The number of rotatable bonds is 3. The van der Waals surface area contributed by atoms with Crippen molar-refractivity contribution < 1.29 is 9.47 Å². The average molecular weight is 242 g/mol. The second-order valence-corrected chi connectivity index (χ2v) is 4.29. The first kappa shape index (κ1) is 11.5. The molecule has 2 heterocycles. The maximum absolute atomic E-state index is 11.6. The summed E-state index contributed by atoms with van der Waals surface area (Å²) in [5.41, 5.74) is -0.256. The molecule has 1 N–H and O–H groups in total. The fourth-order valence-corrected chi connectivity index (χ4v) is 1.85. The summed E-state index contributed by atoms with van der Waals surface area (Å²) in [6, 6.07) is 0. The molecule has 1 unspecified atom stereocenters. The van der Waals surface area contributed by atoms with Crippen LogP contribution in [-0.4, -0.2) is 29.1 Å². The van der Waals surface area contributed by atoms with Crippen molar-refractivity contribution in [2.45, 2.75) is 30.7 Å². The average Bonchev–Trinajstić information content (AvgIpc) is 2.33. The molecular weight excluding hydrogens is 228 g/mol. The summed E-state index contributed by atoms with van der Waals surface area (Å²) < 4.78 is 10.8. The third kappa shape index (κ3) is 2.76. The van der Waals surface area contributed by atoms with Crippen molar-refractivity contribution in [2.24, 2.45) is 0 Å². The molecule has 5 nitrogen and oxygen atoms in total. The van der Waals surface area contributed by atoms with Crippen LogP contribution in [0.25, 0.3) is 0 Å². The van der Waals surface area contributed by atoms with E-state index in [1.165, 1.54) is 18.0 Å². The number of aromatic amines is 1. The van der Waals surface area contributed by atoms with E-state index in [-0.39, 0.29) is 17.6 Å². The van der Waals surface area contributed by atoms with Gasteiger partial charge in [0.2, 0.25) is 5.75 Å². The molecule has 2 rings (SSSR count). The molecule has 0 aromatic carbocycles. The summed E-state index contributed by atoms with van der Waals surface area (Å²) >= 11 is 1.38. The topological polar surface area (TPSA) is 64.2 Å². The van der Waals surface area contributed by atoms with E-state index in [0.717, 1.165) is 19.3 Å². The zero-order valence-electron chi connectivity index (χ0n) is 9.06. The first-order valence-electron chi connectivity index (χ1n) is 5.21. The lowest BCUT2D eigenvalue weighted by Gasteiger charge is -2.22. The number of hydrogen-bond acceptors (Lipinski definition) is 5. The van der Waals surface area contributed by atoms with Crippen molar-refractivity contribution in [1.82, 2.24) is 9.97 Å². The number of nitrogens with one attached hydrogen (secondary N) is 1. The molecule has 6 heteroatoms. The molecule has 1 aliphatic rings. The van der Waals surface area contributed by atoms with Gasteiger partial charge in [-0.2, -0.15) is 0 Å². The number of nitrogens with zero attached hydrogens (tertiary/aromatic N) is 1. The molecule has 0 aliphatic carbocycles. The van der Waals surface area contributed by atoms with Gasteiger partial charge in [0.1, 0.15) is 0 Å². The summed E-state index contributed by atoms with van der Waals surface area (Å²) in [5.74, 6) is 0.227. The quantitative estimate of drug-likeness (QED) is 0.641. The predicted molar refractivity (Wildman–Crippen MR) is 60.9 cm³/mol. The number of aromatic nitrogens is 2. The van der Waals surface area contributed by atoms with Crippen molar-refractivity contribution in [1.29, 1.82) is 0 Å². The molecule has 0 saturated carbocycles. The highest BCUT2D eigenvalue weighted by molar-refractivity contribution is 7.98. The van der Waals surface area contributed by atoms with Crippen LogP contribution >= 0.6 is 11.8 Å². The number of H-pyrrole nitrogens is 1. The minimum absolute atomic E-state index is 0.227. The van der Waals surface area contributed by atoms with Gasteiger partial charge in [0.15, 0.2) is 11.4 Å². The van der Waals surface area contributed by atoms with Gasteiger partial charge in [-0.3, -0.25) is 9.78 Å². The van der Waals surface area contributed by atoms with Gasteiger partial charge < -0.3 is 9.47 Å². The lowest BCUT2D eigenvalue weighted by atomic mass is 10.2. The molecule has 1 fully saturated rings. The number of hydrogen-bond donors (Lipinski definition) is 1. The zero-order valence-corrected chi connectivity index (χ0v) is 9.88. The van der Waals surface area contributed by atoms with Crippen molar-refractivity contribution >= 4 is 11.8 Å². The molecule has 16 heavy (non-hydrogen) atoms. The van der Waals surface area contributed by atoms with Gasteiger partial charge in [-0.25, -0.2) is 4.98 Å². The fourth-order valence-electron chi connectivity index (χ4n) is 1.50. The fraction of sp³-hybridized carbons (Fsp3) is 0.600. The zero-order chi connectivity index (χ0) is 11.4. The Balaban J connectivity index is 2.06. The molecule has 0 bridgehead atoms. The second kappa shape index (κ2) is 5.36. The molecule has 1 saturated heterocycles. The number of thioether (sulfide) groups is 1. The van der Waals surface area contributed by atoms with Crippen LogP contribution < -0.4 is 10.3 Å². The van der Waals surface area contributed by atoms with E-state index in [1.54, 1.807) is 0 Å². The third-order valence-corrected chi connectivity index (χ3v) is 2.93. The minimum atomic E-state index is -0.309. The maximum Gasteiger partial charge on any atom is 0.294 e. The highest BCUT2D eigenvalue weighted by Crippen LogP contribution is 2.16. The Morgan fingerprint density at radius 1 is 1.62 bits per heavy atom. The van der Waals surface area contributed by atoms with Crippen molar-refractivity contribution in [3.05, 3.63) is 16.6 Å². The van der Waals surface area contributed by atoms with E-state index in [1.807, 2.05) is 6.26 Å². The monoisotopic (exact) mass is 242 g/mol. The van der Waals surface area contributed by atoms with Crippen LogP contribution in [0.4, 0.5) is 0 Å². The smallest absolute Gasteiger partial charge is 0.294 e. The molecule has 1 aromatic rings. The number of ether oxygens (including phenoxy) is 2. The first-order chi connectivity index (χ1) is 7.79. The van der Waals surface area contributed by atoms with Gasteiger partial charge in [-0.15, -0.1) is 0 Å². The molecule has 88 valence electrons. The lowest BCUT2D eigenvalue weighted by molar-refractivity contribution is -0.106. The van der Waals surface area contributed by atoms with E-state index in [0.29, 0.717) is 11.8 Å². The molecule has 0 radical (unpaired) electrons. The Labute approximate surface area is 97.6 Å². The van der Waals surface area contributed by atoms with Crippen LogP contribution in [0.5, 0.6) is 5.75 Å². The van der Waals surface area contributed by atoms with Crippen LogP contribution in [0, 0.1) is 0 Å². The van der Waals surface area contributed by atoms with Gasteiger partial charge in [0, 0.05) is 6.42 Å². The Bertz CT molecular complexity index is 401. The Kier molecular flexibility index (Phi) is 3.84. The van der Waals surface area contributed by atoms with Crippen LogP contribution in [0.3, 0.4) is 0 Å². The van der Waals surface area contributed by atoms with Gasteiger partial charge in [-0.1, -0.05) is 11.8 Å². The summed E-state index contributed by atoms with van der Waals surface area (Å²) in [6.45, 7) is 0.693. The van der Waals surface area contributed by atoms with Crippen molar-refractivity contribution in [3.8, 4) is 5.75 Å². The normalized spacial score (nSPS) is 20.7. The molecular formula is C10H14N2O3S. The SMILES string of the molecule is CSc1ncc(OC2CCCCO2)c(=O)[nH]1. The van der Waals surface area contributed by atoms with E-state index < -0.39 is 0 Å². The van der Waals surface area contributed by atoms with Crippen molar-refractivity contribution in [2.75, 3.05) is 12.9 Å². The molecule has 1 atom stereocenters. The first-order valence-corrected chi connectivity index (χ1v) is 6.43. The molecule has 0 spiro atoms. The Morgan fingerprint density at radius 3 is 3.12 bits per heavy atom. The van der Waals surface area contributed by atoms with E-state index >= 15 is 0 Å². The molecule has 1 aromatic heterocycles. The third-order valence-electron chi connectivity index (χ3n) is 2.33. The van der Waals surface area contributed by atoms with E-state index in [9.17, 15) is 4.79 Å². The van der Waals surface area contributed by atoms with Gasteiger partial charge in [0.25, 0.3) is 5.56 Å². The van der Waals surface area contributed by atoms with Gasteiger partial charge in [-0.05, 0) is 19.1 Å². The highest BCUT2D eigenvalue weighted by Gasteiger charge is 2.16. The minimum Gasteiger partial charge on any atom is -0.458 e.